The number of aromatic nitrogens is 4. The molecule has 0 spiro atoms. The van der Waals surface area contributed by atoms with Crippen LogP contribution in [0.25, 0.3) is 28.0 Å². The predicted octanol–water partition coefficient (Wildman–Crippen LogP) is 6.52. The first kappa shape index (κ1) is 25.4. The van der Waals surface area contributed by atoms with Crippen molar-refractivity contribution in [1.82, 2.24) is 25.5 Å². The quantitative estimate of drug-likeness (QED) is 0.195. The van der Waals surface area contributed by atoms with E-state index in [1.54, 1.807) is 0 Å². The number of allylic oxidation sites excluding steroid dienone is 3. The molecule has 6 nitrogen and oxygen atoms in total. The van der Waals surface area contributed by atoms with Gasteiger partial charge in [-0.1, -0.05) is 43.9 Å². The smallest absolute Gasteiger partial charge is 0.156 e. The second-order valence-corrected chi connectivity index (χ2v) is 8.15. The van der Waals surface area contributed by atoms with Crippen LogP contribution in [0, 0.1) is 13.8 Å². The van der Waals surface area contributed by atoms with Crippen molar-refractivity contribution in [3.8, 4) is 11.5 Å². The molecule has 0 radical (unpaired) electrons. The zero-order valence-electron chi connectivity index (χ0n) is 19.7. The standard InChI is InChI=1S/C18H20ClN5.C7H14O/c1-10(6-5-9-20-4)15-12(3)21-18(22-15)17-13-7-8-14(19)11(2)16(13)23-24-17;1-2-3-4-5-6-7-8/h5-9,20H,1-4H3,(H,21,22)(H,23,24);7H,2-6H2,1H3/b9-5-,10-6+;. The van der Waals surface area contributed by atoms with Gasteiger partial charge in [0.1, 0.15) is 12.0 Å². The molecule has 0 aliphatic heterocycles. The fourth-order valence-corrected chi connectivity index (χ4v) is 3.51. The molecule has 0 bridgehead atoms. The van der Waals surface area contributed by atoms with Gasteiger partial charge in [0, 0.05) is 29.6 Å². The van der Waals surface area contributed by atoms with Gasteiger partial charge in [0.2, 0.25) is 0 Å². The normalized spacial score (nSPS) is 11.6. The second-order valence-electron chi connectivity index (χ2n) is 7.74. The summed E-state index contributed by atoms with van der Waals surface area (Å²) in [6.45, 7) is 8.20. The third-order valence-electron chi connectivity index (χ3n) is 5.19. The fourth-order valence-electron chi connectivity index (χ4n) is 3.36. The van der Waals surface area contributed by atoms with Crippen LogP contribution in [0.2, 0.25) is 5.02 Å². The highest BCUT2D eigenvalue weighted by Crippen LogP contribution is 2.31. The number of rotatable bonds is 9. The maximum atomic E-state index is 9.77. The molecular formula is C25H34ClN5O. The number of nitrogens with zero attached hydrogens (tertiary/aromatic N) is 2. The number of hydrogen-bond acceptors (Lipinski definition) is 4. The van der Waals surface area contributed by atoms with Crippen LogP contribution in [0.3, 0.4) is 0 Å². The number of benzene rings is 1. The van der Waals surface area contributed by atoms with E-state index < -0.39 is 0 Å². The first-order valence-corrected chi connectivity index (χ1v) is 11.5. The van der Waals surface area contributed by atoms with E-state index in [1.807, 2.05) is 58.3 Å². The van der Waals surface area contributed by atoms with E-state index in [0.29, 0.717) is 5.02 Å². The van der Waals surface area contributed by atoms with E-state index in [4.69, 9.17) is 16.6 Å². The summed E-state index contributed by atoms with van der Waals surface area (Å²) < 4.78 is 0. The van der Waals surface area contributed by atoms with Gasteiger partial charge >= 0.3 is 0 Å². The van der Waals surface area contributed by atoms with Gasteiger partial charge in [0.25, 0.3) is 0 Å². The number of hydrogen-bond donors (Lipinski definition) is 3. The van der Waals surface area contributed by atoms with Crippen molar-refractivity contribution in [3.05, 3.63) is 52.5 Å². The maximum Gasteiger partial charge on any atom is 0.156 e. The van der Waals surface area contributed by atoms with Crippen LogP contribution in [0.1, 0.15) is 62.9 Å². The summed E-state index contributed by atoms with van der Waals surface area (Å²) in [5, 5.41) is 12.2. The zero-order chi connectivity index (χ0) is 23.5. The van der Waals surface area contributed by atoms with Gasteiger partial charge in [-0.2, -0.15) is 5.10 Å². The van der Waals surface area contributed by atoms with Crippen molar-refractivity contribution in [2.45, 2.75) is 59.8 Å². The molecule has 0 fully saturated rings. The Bertz CT molecular complexity index is 1080. The molecule has 7 heteroatoms. The topological polar surface area (TPSA) is 86.5 Å². The molecule has 172 valence electrons. The number of aryl methyl sites for hydroxylation is 2. The molecule has 0 saturated carbocycles. The lowest BCUT2D eigenvalue weighted by Gasteiger charge is -1.98. The Hall–Kier alpha value is -2.86. The average molecular weight is 456 g/mol. The van der Waals surface area contributed by atoms with Crippen molar-refractivity contribution in [2.24, 2.45) is 0 Å². The number of aldehydes is 1. The highest BCUT2D eigenvalue weighted by atomic mass is 35.5. The van der Waals surface area contributed by atoms with Crippen LogP contribution < -0.4 is 5.32 Å². The summed E-state index contributed by atoms with van der Waals surface area (Å²) in [7, 11) is 1.87. The molecule has 0 amide bonds. The van der Waals surface area contributed by atoms with Crippen molar-refractivity contribution in [3.63, 3.8) is 0 Å². The second kappa shape index (κ2) is 12.9. The van der Waals surface area contributed by atoms with Gasteiger partial charge in [-0.05, 0) is 62.7 Å². The number of carbonyl (C=O) groups excluding carboxylic acids is 1. The molecule has 0 aliphatic carbocycles. The summed E-state index contributed by atoms with van der Waals surface area (Å²) in [5.74, 6) is 0.775. The van der Waals surface area contributed by atoms with E-state index in [9.17, 15) is 4.79 Å². The fraction of sp³-hybridized carbons (Fsp3) is 0.400. The lowest BCUT2D eigenvalue weighted by atomic mass is 10.1. The van der Waals surface area contributed by atoms with Crippen LogP contribution in [-0.2, 0) is 4.79 Å². The summed E-state index contributed by atoms with van der Waals surface area (Å²) in [4.78, 5) is 17.9. The van der Waals surface area contributed by atoms with Crippen molar-refractivity contribution >= 4 is 34.4 Å². The number of unbranched alkanes of at least 4 members (excludes halogenated alkanes) is 4. The Labute approximate surface area is 195 Å². The summed E-state index contributed by atoms with van der Waals surface area (Å²) >= 11 is 6.18. The molecule has 0 unspecified atom stereocenters. The van der Waals surface area contributed by atoms with E-state index >= 15 is 0 Å². The molecule has 2 heterocycles. The number of fused-ring (bicyclic) bond motifs is 1. The minimum atomic E-state index is 0.715. The lowest BCUT2D eigenvalue weighted by molar-refractivity contribution is -0.107. The average Bonchev–Trinajstić information content (AvgIpc) is 3.38. The van der Waals surface area contributed by atoms with Crippen LogP contribution in [-0.4, -0.2) is 33.5 Å². The number of carbonyl (C=O) groups is 1. The number of aromatic amines is 2. The Kier molecular flexibility index (Phi) is 10.2. The van der Waals surface area contributed by atoms with Gasteiger partial charge in [-0.25, -0.2) is 4.98 Å². The molecule has 0 atom stereocenters. The van der Waals surface area contributed by atoms with Gasteiger partial charge in [0.15, 0.2) is 5.82 Å². The third kappa shape index (κ3) is 6.57. The van der Waals surface area contributed by atoms with Crippen LogP contribution in [0.5, 0.6) is 0 Å². The van der Waals surface area contributed by atoms with Crippen molar-refractivity contribution in [1.29, 1.82) is 0 Å². The Morgan fingerprint density at radius 2 is 2.00 bits per heavy atom. The summed E-state index contributed by atoms with van der Waals surface area (Å²) in [6.07, 6.45) is 12.4. The number of nitrogens with one attached hydrogen (secondary N) is 3. The first-order chi connectivity index (χ1) is 15.4. The van der Waals surface area contributed by atoms with Gasteiger partial charge < -0.3 is 15.1 Å². The molecular weight excluding hydrogens is 422 g/mol. The number of imidazole rings is 1. The van der Waals surface area contributed by atoms with E-state index in [2.05, 4.69) is 27.4 Å². The molecule has 0 aliphatic rings. The maximum absolute atomic E-state index is 9.77. The Morgan fingerprint density at radius 3 is 2.69 bits per heavy atom. The highest BCUT2D eigenvalue weighted by Gasteiger charge is 2.16. The van der Waals surface area contributed by atoms with E-state index in [1.165, 1.54) is 19.3 Å². The number of halogens is 1. The molecule has 0 saturated heterocycles. The van der Waals surface area contributed by atoms with Crippen LogP contribution in [0.4, 0.5) is 0 Å². The molecule has 32 heavy (non-hydrogen) atoms. The van der Waals surface area contributed by atoms with E-state index in [-0.39, 0.29) is 0 Å². The summed E-state index contributed by atoms with van der Waals surface area (Å²) in [5.41, 5.74) is 5.76. The molecule has 1 aromatic carbocycles. The van der Waals surface area contributed by atoms with Crippen LogP contribution in [0.15, 0.2) is 30.5 Å². The largest absolute Gasteiger partial charge is 0.394 e. The summed E-state index contributed by atoms with van der Waals surface area (Å²) in [6, 6.07) is 3.86. The Balaban J connectivity index is 0.000000390. The first-order valence-electron chi connectivity index (χ1n) is 11.1. The zero-order valence-corrected chi connectivity index (χ0v) is 20.4. The SMILES string of the molecule is CCCCCCC=O.CN/C=C\C=C(/C)c1nc(-c2[nH]nc3c(C)c(Cl)ccc23)[nH]c1C. The van der Waals surface area contributed by atoms with Gasteiger partial charge in [-0.15, -0.1) is 0 Å². The lowest BCUT2D eigenvalue weighted by Crippen LogP contribution is -1.90. The minimum Gasteiger partial charge on any atom is -0.394 e. The van der Waals surface area contributed by atoms with Gasteiger partial charge in [0.05, 0.1) is 11.2 Å². The van der Waals surface area contributed by atoms with E-state index in [0.717, 1.165) is 64.1 Å². The Morgan fingerprint density at radius 1 is 1.22 bits per heavy atom. The molecule has 3 N–H and O–H groups in total. The van der Waals surface area contributed by atoms with Gasteiger partial charge in [-0.3, -0.25) is 5.10 Å². The monoisotopic (exact) mass is 455 g/mol. The number of H-pyrrole nitrogens is 2. The highest BCUT2D eigenvalue weighted by molar-refractivity contribution is 6.32. The molecule has 2 aromatic heterocycles. The minimum absolute atomic E-state index is 0.715. The molecule has 3 rings (SSSR count). The predicted molar refractivity (Wildman–Crippen MR) is 135 cm³/mol. The molecule has 3 aromatic rings. The third-order valence-corrected chi connectivity index (χ3v) is 5.60. The van der Waals surface area contributed by atoms with Crippen LogP contribution >= 0.6 is 11.6 Å². The van der Waals surface area contributed by atoms with Crippen molar-refractivity contribution in [2.75, 3.05) is 7.05 Å². The van der Waals surface area contributed by atoms with Crippen molar-refractivity contribution < 1.29 is 4.79 Å².